The van der Waals surface area contributed by atoms with Gasteiger partial charge in [0.25, 0.3) is 0 Å². The molecule has 38 heavy (non-hydrogen) atoms. The highest BCUT2D eigenvalue weighted by Crippen LogP contribution is 2.40. The monoisotopic (exact) mass is 527 g/mol. The van der Waals surface area contributed by atoms with E-state index in [0.717, 1.165) is 59.4 Å². The molecule has 1 saturated carbocycles. The largest absolute Gasteiger partial charge is 0.481 e. The molecular formula is C28H31F2N3O5. The lowest BCUT2D eigenvalue weighted by Crippen LogP contribution is -2.42. The smallest absolute Gasteiger partial charge is 0.414 e. The van der Waals surface area contributed by atoms with E-state index >= 15 is 0 Å². The molecule has 1 fully saturated rings. The Morgan fingerprint density at radius 3 is 2.42 bits per heavy atom. The van der Waals surface area contributed by atoms with Gasteiger partial charge < -0.3 is 19.1 Å². The van der Waals surface area contributed by atoms with Crippen molar-refractivity contribution in [3.63, 3.8) is 0 Å². The predicted molar refractivity (Wildman–Crippen MR) is 137 cm³/mol. The number of amides is 1. The molecule has 8 nitrogen and oxygen atoms in total. The summed E-state index contributed by atoms with van der Waals surface area (Å²) in [5.74, 6) is -0.181. The van der Waals surface area contributed by atoms with Gasteiger partial charge in [-0.15, -0.1) is 0 Å². The van der Waals surface area contributed by atoms with Gasteiger partial charge in [0, 0.05) is 24.1 Å². The summed E-state index contributed by atoms with van der Waals surface area (Å²) in [6.45, 7) is -0.888. The molecular weight excluding hydrogens is 496 g/mol. The summed E-state index contributed by atoms with van der Waals surface area (Å²) in [6.07, 6.45) is 4.23. The first-order valence-electron chi connectivity index (χ1n) is 12.9. The van der Waals surface area contributed by atoms with Crippen LogP contribution < -0.4 is 9.64 Å². The summed E-state index contributed by atoms with van der Waals surface area (Å²) in [7, 11) is 1.37. The van der Waals surface area contributed by atoms with Gasteiger partial charge in [-0.3, -0.25) is 9.69 Å². The zero-order valence-electron chi connectivity index (χ0n) is 21.4. The van der Waals surface area contributed by atoms with E-state index in [1.165, 1.54) is 19.2 Å². The summed E-state index contributed by atoms with van der Waals surface area (Å²) in [5, 5.41) is 9.48. The van der Waals surface area contributed by atoms with E-state index in [0.29, 0.717) is 19.3 Å². The van der Waals surface area contributed by atoms with Crippen LogP contribution in [0.15, 0.2) is 36.4 Å². The van der Waals surface area contributed by atoms with Crippen molar-refractivity contribution in [3.8, 4) is 5.75 Å². The third kappa shape index (κ3) is 4.91. The number of carboxylic acids is 1. The van der Waals surface area contributed by atoms with Crippen LogP contribution in [0.2, 0.25) is 0 Å². The Morgan fingerprint density at radius 2 is 1.79 bits per heavy atom. The third-order valence-electron chi connectivity index (χ3n) is 7.82. The number of carbonyl (C=O) groups is 2. The Kier molecular flexibility index (Phi) is 7.23. The Labute approximate surface area is 219 Å². The van der Waals surface area contributed by atoms with Crippen LogP contribution in [0.25, 0.3) is 11.0 Å². The first-order valence-corrected chi connectivity index (χ1v) is 12.9. The molecule has 0 saturated heterocycles. The number of benzene rings is 2. The topological polar surface area (TPSA) is 93.9 Å². The van der Waals surface area contributed by atoms with E-state index in [-0.39, 0.29) is 23.8 Å². The fourth-order valence-corrected chi connectivity index (χ4v) is 5.91. The number of methoxy groups -OCH3 is 1. The van der Waals surface area contributed by atoms with Crippen LogP contribution in [0.1, 0.15) is 62.0 Å². The highest BCUT2D eigenvalue weighted by atomic mass is 19.3. The summed E-state index contributed by atoms with van der Waals surface area (Å²) >= 11 is 0. The minimum atomic E-state index is -2.88. The predicted octanol–water partition coefficient (Wildman–Crippen LogP) is 5.95. The first kappa shape index (κ1) is 25.9. The number of nitrogens with zero attached hydrogens (tertiary/aromatic N) is 3. The average Bonchev–Trinajstić information content (AvgIpc) is 3.27. The van der Waals surface area contributed by atoms with Crippen molar-refractivity contribution in [2.75, 3.05) is 12.0 Å². The molecule has 10 heteroatoms. The Hall–Kier alpha value is -3.69. The van der Waals surface area contributed by atoms with Crippen LogP contribution in [0.4, 0.5) is 19.3 Å². The summed E-state index contributed by atoms with van der Waals surface area (Å²) < 4.78 is 36.9. The Balaban J connectivity index is 1.56. The van der Waals surface area contributed by atoms with Crippen LogP contribution in [0.5, 0.6) is 5.75 Å². The highest BCUT2D eigenvalue weighted by molar-refractivity contribution is 5.95. The second-order valence-corrected chi connectivity index (χ2v) is 10.1. The molecule has 2 aromatic carbocycles. The lowest BCUT2D eigenvalue weighted by molar-refractivity contribution is -0.143. The van der Waals surface area contributed by atoms with Gasteiger partial charge in [-0.2, -0.15) is 8.78 Å². The molecule has 1 unspecified atom stereocenters. The third-order valence-corrected chi connectivity index (χ3v) is 7.82. The molecule has 1 N–H and O–H groups in total. The van der Waals surface area contributed by atoms with Crippen molar-refractivity contribution < 1.29 is 33.0 Å². The minimum absolute atomic E-state index is 0.00535. The number of halogens is 2. The zero-order valence-corrected chi connectivity index (χ0v) is 21.4. The van der Waals surface area contributed by atoms with Gasteiger partial charge in [0.15, 0.2) is 0 Å². The fourth-order valence-electron chi connectivity index (χ4n) is 5.91. The number of aromatic nitrogens is 2. The molecule has 1 amide bonds. The number of alkyl halides is 2. The number of aryl methyl sites for hydroxylation is 1. The van der Waals surface area contributed by atoms with Gasteiger partial charge in [-0.25, -0.2) is 9.78 Å². The number of aliphatic carboxylic acids is 1. The van der Waals surface area contributed by atoms with Gasteiger partial charge in [0.2, 0.25) is 0 Å². The van der Waals surface area contributed by atoms with Crippen LogP contribution in [-0.4, -0.2) is 46.5 Å². The molecule has 3 aromatic rings. The number of carbonyl (C=O) groups excluding carboxylic acids is 1. The normalized spacial score (nSPS) is 21.4. The molecule has 1 aromatic heterocycles. The standard InChI is InChI=1S/C28H31F2N3O5/c1-16-3-12-21-22(32(16)28(36)37-2)13-14-23-25(21)31-24(15-17-4-10-20(11-5-17)38-27(29)30)33(23)19-8-6-18(7-9-19)26(34)35/h4-5,10-11,13-14,16,18-19,27H,3,6-9,12,15H2,1-2H3,(H,34,35). The molecule has 2 heterocycles. The maximum Gasteiger partial charge on any atom is 0.414 e. The lowest BCUT2D eigenvalue weighted by Gasteiger charge is -2.34. The van der Waals surface area contributed by atoms with Gasteiger partial charge in [0.05, 0.1) is 29.7 Å². The molecule has 202 valence electrons. The molecule has 1 aliphatic carbocycles. The van der Waals surface area contributed by atoms with Crippen molar-refractivity contribution in [1.82, 2.24) is 9.55 Å². The van der Waals surface area contributed by atoms with Crippen LogP contribution >= 0.6 is 0 Å². The summed E-state index contributed by atoms with van der Waals surface area (Å²) in [5.41, 5.74) is 4.46. The van der Waals surface area contributed by atoms with Crippen molar-refractivity contribution in [2.24, 2.45) is 5.92 Å². The number of hydrogen-bond acceptors (Lipinski definition) is 5. The molecule has 0 radical (unpaired) electrons. The molecule has 0 bridgehead atoms. The van der Waals surface area contributed by atoms with Gasteiger partial charge in [0.1, 0.15) is 11.6 Å². The maximum absolute atomic E-state index is 12.6. The Morgan fingerprint density at radius 1 is 1.08 bits per heavy atom. The number of hydrogen-bond donors (Lipinski definition) is 1. The number of imidazole rings is 1. The van der Waals surface area contributed by atoms with Gasteiger partial charge in [-0.05, 0) is 75.3 Å². The summed E-state index contributed by atoms with van der Waals surface area (Å²) in [4.78, 5) is 30.9. The van der Waals surface area contributed by atoms with Gasteiger partial charge >= 0.3 is 18.7 Å². The number of anilines is 1. The second-order valence-electron chi connectivity index (χ2n) is 10.1. The van der Waals surface area contributed by atoms with Crippen molar-refractivity contribution in [3.05, 3.63) is 53.3 Å². The van der Waals surface area contributed by atoms with Crippen molar-refractivity contribution >= 4 is 28.8 Å². The first-order chi connectivity index (χ1) is 18.3. The van der Waals surface area contributed by atoms with E-state index in [1.54, 1.807) is 17.0 Å². The van der Waals surface area contributed by atoms with E-state index in [1.807, 2.05) is 19.1 Å². The van der Waals surface area contributed by atoms with Crippen LogP contribution in [-0.2, 0) is 22.4 Å². The quantitative estimate of drug-likeness (QED) is 0.426. The number of fused-ring (bicyclic) bond motifs is 3. The molecule has 0 spiro atoms. The number of ether oxygens (including phenoxy) is 2. The number of rotatable bonds is 6. The minimum Gasteiger partial charge on any atom is -0.481 e. The van der Waals surface area contributed by atoms with Crippen molar-refractivity contribution in [2.45, 2.75) is 70.6 Å². The maximum atomic E-state index is 12.6. The second kappa shape index (κ2) is 10.6. The average molecular weight is 528 g/mol. The van der Waals surface area contributed by atoms with Crippen LogP contribution in [0, 0.1) is 5.92 Å². The van der Waals surface area contributed by atoms with E-state index in [9.17, 15) is 23.5 Å². The van der Waals surface area contributed by atoms with E-state index < -0.39 is 18.7 Å². The molecule has 1 atom stereocenters. The molecule has 1 aliphatic heterocycles. The molecule has 5 rings (SSSR count). The highest BCUT2D eigenvalue weighted by Gasteiger charge is 2.33. The molecule has 2 aliphatic rings. The lowest BCUT2D eigenvalue weighted by atomic mass is 9.85. The SMILES string of the molecule is COC(=O)N1c2ccc3c(nc(Cc4ccc(OC(F)F)cc4)n3C3CCC(C(=O)O)CC3)c2CCC1C. The fraction of sp³-hybridized carbons (Fsp3) is 0.464. The summed E-state index contributed by atoms with van der Waals surface area (Å²) in [6, 6.07) is 10.6. The zero-order chi connectivity index (χ0) is 27.0. The van der Waals surface area contributed by atoms with E-state index in [2.05, 4.69) is 9.30 Å². The van der Waals surface area contributed by atoms with Gasteiger partial charge in [-0.1, -0.05) is 12.1 Å². The number of carboxylic acid groups (broad SMARTS) is 1. The van der Waals surface area contributed by atoms with Crippen molar-refractivity contribution in [1.29, 1.82) is 0 Å². The Bertz CT molecular complexity index is 1330. The van der Waals surface area contributed by atoms with Crippen LogP contribution in [0.3, 0.4) is 0 Å². The van der Waals surface area contributed by atoms with E-state index in [4.69, 9.17) is 9.72 Å².